The van der Waals surface area contributed by atoms with Crippen LogP contribution < -0.4 is 15.0 Å². The molecule has 0 atom stereocenters. The van der Waals surface area contributed by atoms with Gasteiger partial charge in [-0.2, -0.15) is 0 Å². The molecule has 0 heterocycles. The average Bonchev–Trinajstić information content (AvgIpc) is 2.70. The first-order chi connectivity index (χ1) is 13.2. The highest BCUT2D eigenvalue weighted by molar-refractivity contribution is 6.15. The van der Waals surface area contributed by atoms with E-state index < -0.39 is 0 Å². The van der Waals surface area contributed by atoms with Gasteiger partial charge in [0.1, 0.15) is 5.75 Å². The number of benzene rings is 3. The van der Waals surface area contributed by atoms with Gasteiger partial charge >= 0.3 is 0 Å². The Labute approximate surface area is 160 Å². The number of rotatable bonds is 7. The minimum atomic E-state index is -0.161. The van der Waals surface area contributed by atoms with Crippen LogP contribution in [0.25, 0.3) is 10.8 Å². The van der Waals surface area contributed by atoms with E-state index in [0.29, 0.717) is 17.9 Å². The Balaban J connectivity index is 1.91. The van der Waals surface area contributed by atoms with Crippen molar-refractivity contribution < 1.29 is 9.53 Å². The van der Waals surface area contributed by atoms with Crippen molar-refractivity contribution in [2.24, 2.45) is 0 Å². The van der Waals surface area contributed by atoms with E-state index in [1.807, 2.05) is 67.6 Å². The van der Waals surface area contributed by atoms with Crippen LogP contribution in [0.5, 0.6) is 5.75 Å². The van der Waals surface area contributed by atoms with Gasteiger partial charge < -0.3 is 15.0 Å². The van der Waals surface area contributed by atoms with E-state index in [1.54, 1.807) is 0 Å². The van der Waals surface area contributed by atoms with Crippen molar-refractivity contribution in [2.45, 2.75) is 20.8 Å². The van der Waals surface area contributed by atoms with Crippen LogP contribution in [-0.2, 0) is 0 Å². The molecular weight excluding hydrogens is 336 g/mol. The molecule has 0 aliphatic carbocycles. The normalized spacial score (nSPS) is 10.6. The second-order valence-electron chi connectivity index (χ2n) is 6.27. The molecule has 0 saturated heterocycles. The summed E-state index contributed by atoms with van der Waals surface area (Å²) in [6.45, 7) is 8.61. The molecule has 0 bridgehead atoms. The van der Waals surface area contributed by atoms with Crippen LogP contribution in [0.2, 0.25) is 0 Å². The SMILES string of the molecule is CCOc1ccc2ccccc2c1C(=O)Nc1ccc(N(CC)CC)cc1. The molecule has 0 spiro atoms. The van der Waals surface area contributed by atoms with E-state index >= 15 is 0 Å². The predicted octanol–water partition coefficient (Wildman–Crippen LogP) is 5.34. The summed E-state index contributed by atoms with van der Waals surface area (Å²) in [5.41, 5.74) is 2.49. The van der Waals surface area contributed by atoms with Crippen molar-refractivity contribution in [1.29, 1.82) is 0 Å². The number of hydrogen-bond acceptors (Lipinski definition) is 3. The van der Waals surface area contributed by atoms with Crippen molar-refractivity contribution in [3.05, 3.63) is 66.2 Å². The third-order valence-electron chi connectivity index (χ3n) is 4.67. The number of nitrogens with zero attached hydrogens (tertiary/aromatic N) is 1. The van der Waals surface area contributed by atoms with E-state index in [9.17, 15) is 4.79 Å². The van der Waals surface area contributed by atoms with E-state index in [4.69, 9.17) is 4.74 Å². The van der Waals surface area contributed by atoms with Gasteiger partial charge in [0.25, 0.3) is 5.91 Å². The van der Waals surface area contributed by atoms with Crippen LogP contribution in [0.4, 0.5) is 11.4 Å². The lowest BCUT2D eigenvalue weighted by atomic mass is 10.0. The van der Waals surface area contributed by atoms with Gasteiger partial charge in [-0.25, -0.2) is 0 Å². The summed E-state index contributed by atoms with van der Waals surface area (Å²) in [5.74, 6) is 0.444. The summed E-state index contributed by atoms with van der Waals surface area (Å²) < 4.78 is 5.72. The first-order valence-electron chi connectivity index (χ1n) is 9.48. The highest BCUT2D eigenvalue weighted by atomic mass is 16.5. The van der Waals surface area contributed by atoms with Crippen LogP contribution in [0, 0.1) is 0 Å². The molecule has 3 rings (SSSR count). The van der Waals surface area contributed by atoms with Gasteiger partial charge in [-0.05, 0) is 61.9 Å². The van der Waals surface area contributed by atoms with Crippen LogP contribution >= 0.6 is 0 Å². The van der Waals surface area contributed by atoms with Crippen LogP contribution in [-0.4, -0.2) is 25.6 Å². The van der Waals surface area contributed by atoms with Gasteiger partial charge in [0, 0.05) is 24.5 Å². The van der Waals surface area contributed by atoms with E-state index in [1.165, 1.54) is 0 Å². The summed E-state index contributed by atoms with van der Waals surface area (Å²) in [6.07, 6.45) is 0. The zero-order valence-electron chi connectivity index (χ0n) is 16.2. The molecule has 4 nitrogen and oxygen atoms in total. The van der Waals surface area contributed by atoms with Gasteiger partial charge in [0.15, 0.2) is 0 Å². The third-order valence-corrected chi connectivity index (χ3v) is 4.67. The molecule has 0 aliphatic heterocycles. The predicted molar refractivity (Wildman–Crippen MR) is 113 cm³/mol. The second kappa shape index (κ2) is 8.58. The summed E-state index contributed by atoms with van der Waals surface area (Å²) >= 11 is 0. The van der Waals surface area contributed by atoms with E-state index in [-0.39, 0.29) is 5.91 Å². The number of ether oxygens (including phenoxy) is 1. The molecule has 0 aliphatic rings. The Morgan fingerprint density at radius 1 is 0.926 bits per heavy atom. The highest BCUT2D eigenvalue weighted by Gasteiger charge is 2.17. The van der Waals surface area contributed by atoms with E-state index in [0.717, 1.165) is 35.2 Å². The number of nitrogens with one attached hydrogen (secondary N) is 1. The highest BCUT2D eigenvalue weighted by Crippen LogP contribution is 2.29. The average molecular weight is 362 g/mol. The molecule has 0 saturated carbocycles. The lowest BCUT2D eigenvalue weighted by Gasteiger charge is -2.21. The number of anilines is 2. The standard InChI is InChI=1S/C23H26N2O2/c1-4-25(5-2)19-14-12-18(13-15-19)24-23(26)22-20-10-8-7-9-17(20)11-16-21(22)27-6-3/h7-16H,4-6H2,1-3H3,(H,24,26). The largest absolute Gasteiger partial charge is 0.493 e. The van der Waals surface area contributed by atoms with Crippen molar-refractivity contribution in [2.75, 3.05) is 29.9 Å². The zero-order chi connectivity index (χ0) is 19.2. The Hall–Kier alpha value is -3.01. The quantitative estimate of drug-likeness (QED) is 0.617. The minimum absolute atomic E-state index is 0.161. The van der Waals surface area contributed by atoms with Crippen molar-refractivity contribution in [3.63, 3.8) is 0 Å². The fourth-order valence-electron chi connectivity index (χ4n) is 3.30. The van der Waals surface area contributed by atoms with Crippen molar-refractivity contribution in [1.82, 2.24) is 0 Å². The number of fused-ring (bicyclic) bond motifs is 1. The molecule has 3 aromatic rings. The maximum atomic E-state index is 13.1. The lowest BCUT2D eigenvalue weighted by molar-refractivity contribution is 0.102. The molecule has 1 amide bonds. The second-order valence-corrected chi connectivity index (χ2v) is 6.27. The Bertz CT molecular complexity index is 915. The van der Waals surface area contributed by atoms with Gasteiger partial charge in [-0.1, -0.05) is 30.3 Å². The van der Waals surface area contributed by atoms with E-state index in [2.05, 4.69) is 24.1 Å². The maximum Gasteiger partial charge on any atom is 0.260 e. The molecular formula is C23H26N2O2. The first-order valence-corrected chi connectivity index (χ1v) is 9.48. The van der Waals surface area contributed by atoms with Crippen LogP contribution in [0.3, 0.4) is 0 Å². The molecule has 0 unspecified atom stereocenters. The fraction of sp³-hybridized carbons (Fsp3) is 0.261. The summed E-state index contributed by atoms with van der Waals surface area (Å²) in [7, 11) is 0. The molecule has 1 N–H and O–H groups in total. The molecule has 0 aromatic heterocycles. The summed E-state index contributed by atoms with van der Waals surface area (Å²) in [5, 5.41) is 4.92. The fourth-order valence-corrected chi connectivity index (χ4v) is 3.30. The van der Waals surface area contributed by atoms with Gasteiger partial charge in [0.2, 0.25) is 0 Å². The number of carbonyl (C=O) groups excluding carboxylic acids is 1. The summed E-state index contributed by atoms with van der Waals surface area (Å²) in [4.78, 5) is 15.3. The number of hydrogen-bond donors (Lipinski definition) is 1. The Kier molecular flexibility index (Phi) is 5.97. The molecule has 27 heavy (non-hydrogen) atoms. The molecule has 140 valence electrons. The zero-order valence-corrected chi connectivity index (χ0v) is 16.2. The number of carbonyl (C=O) groups is 1. The Morgan fingerprint density at radius 2 is 1.63 bits per heavy atom. The van der Waals surface area contributed by atoms with Crippen molar-refractivity contribution >= 4 is 28.1 Å². The number of amides is 1. The Morgan fingerprint density at radius 3 is 2.30 bits per heavy atom. The van der Waals surface area contributed by atoms with Gasteiger partial charge in [-0.15, -0.1) is 0 Å². The lowest BCUT2D eigenvalue weighted by Crippen LogP contribution is -2.21. The van der Waals surface area contributed by atoms with Crippen LogP contribution in [0.15, 0.2) is 60.7 Å². The third kappa shape index (κ3) is 4.05. The molecule has 0 fully saturated rings. The van der Waals surface area contributed by atoms with Gasteiger partial charge in [0.05, 0.1) is 12.2 Å². The van der Waals surface area contributed by atoms with Gasteiger partial charge in [-0.3, -0.25) is 4.79 Å². The molecule has 3 aromatic carbocycles. The molecule has 4 heteroatoms. The molecule has 0 radical (unpaired) electrons. The minimum Gasteiger partial charge on any atom is -0.493 e. The topological polar surface area (TPSA) is 41.6 Å². The maximum absolute atomic E-state index is 13.1. The summed E-state index contributed by atoms with van der Waals surface area (Å²) in [6, 6.07) is 19.7. The monoisotopic (exact) mass is 362 g/mol. The van der Waals surface area contributed by atoms with Crippen LogP contribution in [0.1, 0.15) is 31.1 Å². The van der Waals surface area contributed by atoms with Crippen molar-refractivity contribution in [3.8, 4) is 5.75 Å². The first kappa shape index (κ1) is 18.8. The smallest absolute Gasteiger partial charge is 0.260 e.